The first kappa shape index (κ1) is 15.4. The fourth-order valence-corrected chi connectivity index (χ4v) is 3.67. The van der Waals surface area contributed by atoms with Gasteiger partial charge in [-0.1, -0.05) is 45.2 Å². The number of H-pyrrole nitrogens is 1. The number of hydrogen-bond donors (Lipinski definition) is 1. The number of aromatic amines is 1. The molecule has 1 aliphatic carbocycles. The number of aromatic nitrogens is 2. The third-order valence-electron chi connectivity index (χ3n) is 4.66. The third-order valence-corrected chi connectivity index (χ3v) is 4.96. The minimum absolute atomic E-state index is 0.000690. The molecule has 1 fully saturated rings. The number of rotatable bonds is 4. The molecule has 0 spiro atoms. The molecule has 1 aromatic rings. The first-order chi connectivity index (χ1) is 9.40. The van der Waals surface area contributed by atoms with Crippen LogP contribution in [0.25, 0.3) is 0 Å². The second kappa shape index (κ2) is 5.76. The smallest absolute Gasteiger partial charge is 0.297 e. The fraction of sp³-hybridized carbons (Fsp3) is 0.733. The molecule has 112 valence electrons. The highest BCUT2D eigenvalue weighted by Crippen LogP contribution is 2.41. The van der Waals surface area contributed by atoms with Crippen molar-refractivity contribution in [1.29, 1.82) is 0 Å². The predicted octanol–water partition coefficient (Wildman–Crippen LogP) is 3.28. The topological polar surface area (TPSA) is 54.9 Å². The molecule has 0 atom stereocenters. The SMILES string of the molecule is CCC1(Cn2c(=O)[nH]c(Cl)c(C(C)C)c2=O)CCCC1. The fourth-order valence-electron chi connectivity index (χ4n) is 3.29. The van der Waals surface area contributed by atoms with Crippen molar-refractivity contribution in [2.24, 2.45) is 5.41 Å². The molecule has 5 heteroatoms. The summed E-state index contributed by atoms with van der Waals surface area (Å²) >= 11 is 6.02. The molecule has 0 bridgehead atoms. The summed E-state index contributed by atoms with van der Waals surface area (Å²) in [6.07, 6.45) is 5.55. The first-order valence-corrected chi connectivity index (χ1v) is 7.80. The van der Waals surface area contributed by atoms with E-state index >= 15 is 0 Å². The zero-order chi connectivity index (χ0) is 14.9. The second-order valence-electron chi connectivity index (χ2n) is 6.26. The van der Waals surface area contributed by atoms with E-state index < -0.39 is 0 Å². The first-order valence-electron chi connectivity index (χ1n) is 7.43. The number of halogens is 1. The molecule has 1 heterocycles. The highest BCUT2D eigenvalue weighted by Gasteiger charge is 2.33. The highest BCUT2D eigenvalue weighted by molar-refractivity contribution is 6.30. The minimum Gasteiger partial charge on any atom is -0.297 e. The lowest BCUT2D eigenvalue weighted by atomic mass is 9.83. The minimum atomic E-state index is -0.385. The van der Waals surface area contributed by atoms with Crippen LogP contribution in [0.4, 0.5) is 0 Å². The van der Waals surface area contributed by atoms with E-state index in [-0.39, 0.29) is 27.7 Å². The van der Waals surface area contributed by atoms with E-state index in [0.29, 0.717) is 12.1 Å². The van der Waals surface area contributed by atoms with E-state index in [9.17, 15) is 9.59 Å². The summed E-state index contributed by atoms with van der Waals surface area (Å²) in [6, 6.07) is 0. The van der Waals surface area contributed by atoms with Crippen molar-refractivity contribution in [3.63, 3.8) is 0 Å². The maximum absolute atomic E-state index is 12.6. The van der Waals surface area contributed by atoms with Gasteiger partial charge in [-0.25, -0.2) is 4.79 Å². The summed E-state index contributed by atoms with van der Waals surface area (Å²) in [6.45, 7) is 6.48. The lowest BCUT2D eigenvalue weighted by Gasteiger charge is -2.28. The van der Waals surface area contributed by atoms with E-state index in [4.69, 9.17) is 11.6 Å². The van der Waals surface area contributed by atoms with Crippen LogP contribution >= 0.6 is 11.6 Å². The van der Waals surface area contributed by atoms with Crippen LogP contribution in [0.3, 0.4) is 0 Å². The molecule has 0 saturated heterocycles. The van der Waals surface area contributed by atoms with Crippen LogP contribution in [-0.2, 0) is 6.54 Å². The molecule has 1 N–H and O–H groups in total. The van der Waals surface area contributed by atoms with E-state index in [0.717, 1.165) is 19.3 Å². The van der Waals surface area contributed by atoms with Crippen molar-refractivity contribution in [3.8, 4) is 0 Å². The van der Waals surface area contributed by atoms with Crippen LogP contribution in [0, 0.1) is 5.41 Å². The molecule has 1 aliphatic rings. The summed E-state index contributed by atoms with van der Waals surface area (Å²) in [5.41, 5.74) is -0.00746. The summed E-state index contributed by atoms with van der Waals surface area (Å²) in [5.74, 6) is -0.000690. The summed E-state index contributed by atoms with van der Waals surface area (Å²) in [5, 5.41) is 0.184. The Labute approximate surface area is 124 Å². The Morgan fingerprint density at radius 1 is 1.30 bits per heavy atom. The molecule has 0 radical (unpaired) electrons. The molecule has 1 aromatic heterocycles. The van der Waals surface area contributed by atoms with Crippen LogP contribution in [0.5, 0.6) is 0 Å². The molecule has 0 aliphatic heterocycles. The number of hydrogen-bond acceptors (Lipinski definition) is 2. The number of nitrogens with zero attached hydrogens (tertiary/aromatic N) is 1. The Balaban J connectivity index is 2.49. The van der Waals surface area contributed by atoms with Crippen molar-refractivity contribution in [2.45, 2.75) is 65.3 Å². The maximum atomic E-state index is 12.6. The Kier molecular flexibility index (Phi) is 4.43. The van der Waals surface area contributed by atoms with Gasteiger partial charge in [-0.2, -0.15) is 0 Å². The van der Waals surface area contributed by atoms with Gasteiger partial charge in [0.1, 0.15) is 5.15 Å². The van der Waals surface area contributed by atoms with E-state index in [2.05, 4.69) is 11.9 Å². The Hall–Kier alpha value is -1.03. The molecular formula is C15H23ClN2O2. The average Bonchev–Trinajstić information content (AvgIpc) is 2.83. The summed E-state index contributed by atoms with van der Waals surface area (Å²) < 4.78 is 1.36. The molecule has 0 unspecified atom stereocenters. The Bertz CT molecular complexity index is 595. The maximum Gasteiger partial charge on any atom is 0.329 e. The Morgan fingerprint density at radius 2 is 1.90 bits per heavy atom. The van der Waals surface area contributed by atoms with Gasteiger partial charge in [0.05, 0.1) is 5.56 Å². The second-order valence-corrected chi connectivity index (χ2v) is 6.64. The van der Waals surface area contributed by atoms with Crippen molar-refractivity contribution in [3.05, 3.63) is 31.6 Å². The molecule has 0 amide bonds. The average molecular weight is 299 g/mol. The normalized spacial score (nSPS) is 17.9. The van der Waals surface area contributed by atoms with Gasteiger partial charge in [-0.05, 0) is 30.6 Å². The zero-order valence-electron chi connectivity index (χ0n) is 12.5. The van der Waals surface area contributed by atoms with Crippen molar-refractivity contribution in [2.75, 3.05) is 0 Å². The molecule has 0 aromatic carbocycles. The standard InChI is InChI=1S/C15H23ClN2O2/c1-4-15(7-5-6-8-15)9-18-13(19)11(10(2)3)12(16)17-14(18)20/h10H,4-9H2,1-3H3,(H,17,20). The van der Waals surface area contributed by atoms with Gasteiger partial charge in [-0.3, -0.25) is 14.3 Å². The molecule has 1 saturated carbocycles. The zero-order valence-corrected chi connectivity index (χ0v) is 13.2. The van der Waals surface area contributed by atoms with Crippen LogP contribution in [0.1, 0.15) is 64.4 Å². The van der Waals surface area contributed by atoms with E-state index in [1.54, 1.807) is 0 Å². The van der Waals surface area contributed by atoms with Crippen LogP contribution in [0.15, 0.2) is 9.59 Å². The van der Waals surface area contributed by atoms with Gasteiger partial charge >= 0.3 is 5.69 Å². The molecule has 2 rings (SSSR count). The van der Waals surface area contributed by atoms with Crippen molar-refractivity contribution < 1.29 is 0 Å². The van der Waals surface area contributed by atoms with Crippen LogP contribution in [0.2, 0.25) is 5.15 Å². The van der Waals surface area contributed by atoms with Crippen LogP contribution in [-0.4, -0.2) is 9.55 Å². The quantitative estimate of drug-likeness (QED) is 0.867. The third kappa shape index (κ3) is 2.71. The highest BCUT2D eigenvalue weighted by atomic mass is 35.5. The van der Waals surface area contributed by atoms with Gasteiger partial charge in [0, 0.05) is 6.54 Å². The largest absolute Gasteiger partial charge is 0.329 e. The van der Waals surface area contributed by atoms with Gasteiger partial charge in [0.2, 0.25) is 0 Å². The monoisotopic (exact) mass is 298 g/mol. The lowest BCUT2D eigenvalue weighted by Crippen LogP contribution is -2.42. The van der Waals surface area contributed by atoms with Crippen LogP contribution < -0.4 is 11.2 Å². The van der Waals surface area contributed by atoms with E-state index in [1.807, 2.05) is 13.8 Å². The molecule has 4 nitrogen and oxygen atoms in total. The van der Waals surface area contributed by atoms with E-state index in [1.165, 1.54) is 17.4 Å². The molecular weight excluding hydrogens is 276 g/mol. The molecule has 20 heavy (non-hydrogen) atoms. The van der Waals surface area contributed by atoms with Gasteiger partial charge in [-0.15, -0.1) is 0 Å². The Morgan fingerprint density at radius 3 is 2.40 bits per heavy atom. The summed E-state index contributed by atoms with van der Waals surface area (Å²) in [7, 11) is 0. The van der Waals surface area contributed by atoms with Gasteiger partial charge in [0.15, 0.2) is 0 Å². The predicted molar refractivity (Wildman–Crippen MR) is 81.6 cm³/mol. The number of nitrogens with one attached hydrogen (secondary N) is 1. The van der Waals surface area contributed by atoms with Crippen molar-refractivity contribution in [1.82, 2.24) is 9.55 Å². The summed E-state index contributed by atoms with van der Waals surface area (Å²) in [4.78, 5) is 27.3. The van der Waals surface area contributed by atoms with Gasteiger partial charge in [0.25, 0.3) is 5.56 Å². The van der Waals surface area contributed by atoms with Crippen molar-refractivity contribution >= 4 is 11.6 Å². The lowest BCUT2D eigenvalue weighted by molar-refractivity contribution is 0.229. The van der Waals surface area contributed by atoms with Gasteiger partial charge < -0.3 is 0 Å².